The van der Waals surface area contributed by atoms with E-state index in [9.17, 15) is 31.1 Å². The van der Waals surface area contributed by atoms with Gasteiger partial charge in [-0.3, -0.25) is 5.10 Å². The highest BCUT2D eigenvalue weighted by molar-refractivity contribution is 6.00. The minimum Gasteiger partial charge on any atom is -0.334 e. The Bertz CT molecular complexity index is 992. The summed E-state index contributed by atoms with van der Waals surface area (Å²) in [5.41, 5.74) is -1.42. The predicted octanol–water partition coefficient (Wildman–Crippen LogP) is 4.92. The number of aromatic nitrogens is 2. The number of urea groups is 1. The van der Waals surface area contributed by atoms with E-state index in [1.807, 2.05) is 0 Å². The number of hydrogen-bond donors (Lipinski definition) is 3. The molecule has 0 atom stereocenters. The normalized spacial score (nSPS) is 12.2. The van der Waals surface area contributed by atoms with Crippen molar-refractivity contribution in [2.24, 2.45) is 0 Å². The molecule has 0 aliphatic carbocycles. The molecule has 0 aliphatic rings. The van der Waals surface area contributed by atoms with E-state index in [-0.39, 0.29) is 23.1 Å². The molecule has 148 valence electrons. The van der Waals surface area contributed by atoms with Crippen molar-refractivity contribution >= 4 is 22.6 Å². The summed E-state index contributed by atoms with van der Waals surface area (Å²) < 4.78 is 76.5. The summed E-state index contributed by atoms with van der Waals surface area (Å²) in [6.07, 6.45) is -7.82. The van der Waals surface area contributed by atoms with E-state index in [1.54, 1.807) is 0 Å². The van der Waals surface area contributed by atoms with Gasteiger partial charge in [0.2, 0.25) is 0 Å². The van der Waals surface area contributed by atoms with Gasteiger partial charge in [0.15, 0.2) is 0 Å². The van der Waals surface area contributed by atoms with Crippen LogP contribution < -0.4 is 10.6 Å². The highest BCUT2D eigenvalue weighted by Crippen LogP contribution is 2.34. The predicted molar refractivity (Wildman–Crippen MR) is 88.4 cm³/mol. The number of rotatable bonds is 3. The quantitative estimate of drug-likeness (QED) is 0.544. The van der Waals surface area contributed by atoms with Gasteiger partial charge in [-0.2, -0.15) is 31.4 Å². The van der Waals surface area contributed by atoms with Crippen molar-refractivity contribution in [2.45, 2.75) is 18.9 Å². The summed E-state index contributed by atoms with van der Waals surface area (Å²) in [6.45, 7) is -0.114. The third-order valence-corrected chi connectivity index (χ3v) is 3.87. The number of nitrogens with zero attached hydrogens (tertiary/aromatic N) is 1. The third-order valence-electron chi connectivity index (χ3n) is 3.87. The van der Waals surface area contributed by atoms with E-state index in [1.165, 1.54) is 18.3 Å². The Hall–Kier alpha value is -3.24. The number of carbonyl (C=O) groups is 1. The highest BCUT2D eigenvalue weighted by Gasteiger charge is 2.32. The summed E-state index contributed by atoms with van der Waals surface area (Å²) in [5.74, 6) is 0. The SMILES string of the molecule is O=C(NCc1ccc(C(F)(F)F)cc1)Nc1cc(C(F)(F)F)cc2[nH]ncc12. The van der Waals surface area contributed by atoms with Crippen LogP contribution in [0.5, 0.6) is 0 Å². The van der Waals surface area contributed by atoms with Crippen LogP contribution in [0.3, 0.4) is 0 Å². The molecule has 5 nitrogen and oxygen atoms in total. The first-order valence-corrected chi connectivity index (χ1v) is 7.79. The smallest absolute Gasteiger partial charge is 0.334 e. The average Bonchev–Trinajstić information content (AvgIpc) is 3.08. The second-order valence-corrected chi connectivity index (χ2v) is 5.86. The van der Waals surface area contributed by atoms with Crippen molar-refractivity contribution in [2.75, 3.05) is 5.32 Å². The summed E-state index contributed by atoms with van der Waals surface area (Å²) in [6, 6.07) is 4.96. The summed E-state index contributed by atoms with van der Waals surface area (Å²) in [4.78, 5) is 12.0. The molecule has 1 heterocycles. The molecular formula is C17H12F6N4O. The molecule has 2 amide bonds. The molecule has 0 spiro atoms. The maximum atomic E-state index is 13.0. The second kappa shape index (κ2) is 7.06. The third kappa shape index (κ3) is 4.35. The first kappa shape index (κ1) is 19.5. The van der Waals surface area contributed by atoms with Gasteiger partial charge in [-0.25, -0.2) is 4.79 Å². The molecule has 3 N–H and O–H groups in total. The van der Waals surface area contributed by atoms with Gasteiger partial charge in [-0.05, 0) is 29.8 Å². The van der Waals surface area contributed by atoms with Crippen LogP contribution in [0.2, 0.25) is 0 Å². The molecule has 0 radical (unpaired) electrons. The molecule has 11 heteroatoms. The molecule has 0 bridgehead atoms. The van der Waals surface area contributed by atoms with Crippen LogP contribution in [0.1, 0.15) is 16.7 Å². The van der Waals surface area contributed by atoms with Crippen molar-refractivity contribution in [3.05, 3.63) is 59.3 Å². The Labute approximate surface area is 153 Å². The van der Waals surface area contributed by atoms with E-state index in [0.29, 0.717) is 5.56 Å². The van der Waals surface area contributed by atoms with E-state index in [0.717, 1.165) is 24.3 Å². The van der Waals surface area contributed by atoms with Crippen LogP contribution in [-0.2, 0) is 18.9 Å². The highest BCUT2D eigenvalue weighted by atomic mass is 19.4. The number of fused-ring (bicyclic) bond motifs is 1. The molecule has 28 heavy (non-hydrogen) atoms. The number of amides is 2. The molecule has 3 rings (SSSR count). The van der Waals surface area contributed by atoms with Crippen molar-refractivity contribution in [3.8, 4) is 0 Å². The molecule has 0 unspecified atom stereocenters. The first-order valence-electron chi connectivity index (χ1n) is 7.79. The number of anilines is 1. The molecular weight excluding hydrogens is 390 g/mol. The lowest BCUT2D eigenvalue weighted by atomic mass is 10.1. The molecule has 0 fully saturated rings. The number of carbonyl (C=O) groups excluding carboxylic acids is 1. The number of H-pyrrole nitrogens is 1. The summed E-state index contributed by atoms with van der Waals surface area (Å²) >= 11 is 0. The van der Waals surface area contributed by atoms with Crippen molar-refractivity contribution in [3.63, 3.8) is 0 Å². The Kier molecular flexibility index (Phi) is 4.92. The Morgan fingerprint density at radius 3 is 2.21 bits per heavy atom. The van der Waals surface area contributed by atoms with Gasteiger partial charge in [0.25, 0.3) is 0 Å². The Morgan fingerprint density at radius 2 is 1.61 bits per heavy atom. The van der Waals surface area contributed by atoms with Crippen LogP contribution >= 0.6 is 0 Å². The van der Waals surface area contributed by atoms with Crippen LogP contribution in [0.4, 0.5) is 36.8 Å². The lowest BCUT2D eigenvalue weighted by molar-refractivity contribution is -0.138. The fraction of sp³-hybridized carbons (Fsp3) is 0.176. The van der Waals surface area contributed by atoms with Crippen molar-refractivity contribution in [1.29, 1.82) is 0 Å². The molecule has 0 aliphatic heterocycles. The molecule has 0 saturated heterocycles. The second-order valence-electron chi connectivity index (χ2n) is 5.86. The lowest BCUT2D eigenvalue weighted by Crippen LogP contribution is -2.28. The van der Waals surface area contributed by atoms with Gasteiger partial charge in [0, 0.05) is 11.9 Å². The van der Waals surface area contributed by atoms with Gasteiger partial charge in [0.1, 0.15) is 0 Å². The average molecular weight is 402 g/mol. The number of benzene rings is 2. The maximum Gasteiger partial charge on any atom is 0.416 e. The van der Waals surface area contributed by atoms with Crippen LogP contribution in [-0.4, -0.2) is 16.2 Å². The Morgan fingerprint density at radius 1 is 0.964 bits per heavy atom. The van der Waals surface area contributed by atoms with Gasteiger partial charge in [-0.1, -0.05) is 12.1 Å². The van der Waals surface area contributed by atoms with E-state index in [2.05, 4.69) is 20.8 Å². The van der Waals surface area contributed by atoms with Gasteiger partial charge in [-0.15, -0.1) is 0 Å². The van der Waals surface area contributed by atoms with E-state index < -0.39 is 29.5 Å². The van der Waals surface area contributed by atoms with E-state index in [4.69, 9.17) is 0 Å². The minimum absolute atomic E-state index is 0.0906. The minimum atomic E-state index is -4.62. The van der Waals surface area contributed by atoms with Crippen LogP contribution in [0.15, 0.2) is 42.6 Å². The summed E-state index contributed by atoms with van der Waals surface area (Å²) in [5, 5.41) is 11.0. The largest absolute Gasteiger partial charge is 0.416 e. The molecule has 2 aromatic carbocycles. The monoisotopic (exact) mass is 402 g/mol. The van der Waals surface area contributed by atoms with Crippen molar-refractivity contribution < 1.29 is 31.1 Å². The first-order chi connectivity index (χ1) is 13.0. The fourth-order valence-corrected chi connectivity index (χ4v) is 2.48. The fourth-order valence-electron chi connectivity index (χ4n) is 2.48. The number of nitrogens with one attached hydrogen (secondary N) is 3. The lowest BCUT2D eigenvalue weighted by Gasteiger charge is -2.12. The maximum absolute atomic E-state index is 13.0. The van der Waals surface area contributed by atoms with Gasteiger partial charge >= 0.3 is 18.4 Å². The van der Waals surface area contributed by atoms with Crippen LogP contribution in [0.25, 0.3) is 10.9 Å². The standard InChI is InChI=1S/C17H12F6N4O/c18-16(19,20)10-3-1-9(2-4-10)7-24-15(28)26-13-5-11(17(21,22)23)6-14-12(13)8-25-27-14/h1-6,8H,7H2,(H,25,27)(H2,24,26,28). The number of alkyl halides is 6. The summed E-state index contributed by atoms with van der Waals surface area (Å²) in [7, 11) is 0. The van der Waals surface area contributed by atoms with Gasteiger partial charge < -0.3 is 10.6 Å². The number of aromatic amines is 1. The molecule has 0 saturated carbocycles. The Balaban J connectivity index is 1.70. The zero-order valence-corrected chi connectivity index (χ0v) is 13.9. The van der Waals surface area contributed by atoms with Crippen LogP contribution in [0, 0.1) is 0 Å². The van der Waals surface area contributed by atoms with Gasteiger partial charge in [0.05, 0.1) is 28.5 Å². The zero-order chi connectivity index (χ0) is 20.5. The van der Waals surface area contributed by atoms with Crippen molar-refractivity contribution in [1.82, 2.24) is 15.5 Å². The zero-order valence-electron chi connectivity index (χ0n) is 13.9. The van der Waals surface area contributed by atoms with E-state index >= 15 is 0 Å². The topological polar surface area (TPSA) is 69.8 Å². The number of halogens is 6. The number of hydrogen-bond acceptors (Lipinski definition) is 2. The molecule has 3 aromatic rings. The molecule has 1 aromatic heterocycles.